The Morgan fingerprint density at radius 2 is 2.11 bits per heavy atom. The van der Waals surface area contributed by atoms with Crippen LogP contribution in [-0.4, -0.2) is 30.1 Å². The lowest BCUT2D eigenvalue weighted by Gasteiger charge is -2.11. The van der Waals surface area contributed by atoms with Gasteiger partial charge in [-0.1, -0.05) is 13.8 Å². The van der Waals surface area contributed by atoms with Crippen molar-refractivity contribution in [3.05, 3.63) is 34.3 Å². The summed E-state index contributed by atoms with van der Waals surface area (Å²) < 4.78 is 10.6. The fourth-order valence-corrected chi connectivity index (χ4v) is 4.38. The van der Waals surface area contributed by atoms with E-state index in [-0.39, 0.29) is 24.5 Å². The fraction of sp³-hybridized carbons (Fsp3) is 0.450. The van der Waals surface area contributed by atoms with Crippen LogP contribution in [0.15, 0.2) is 18.2 Å². The van der Waals surface area contributed by atoms with Gasteiger partial charge in [-0.3, -0.25) is 14.9 Å². The number of thiazole rings is 1. The van der Waals surface area contributed by atoms with E-state index in [2.05, 4.69) is 29.5 Å². The van der Waals surface area contributed by atoms with Crippen LogP contribution in [0.25, 0.3) is 0 Å². The Bertz CT molecular complexity index is 909. The monoisotopic (exact) mass is 401 g/mol. The molecule has 2 amide bonds. The van der Waals surface area contributed by atoms with Gasteiger partial charge < -0.3 is 14.8 Å². The van der Waals surface area contributed by atoms with Crippen LogP contribution in [-0.2, 0) is 11.2 Å². The van der Waals surface area contributed by atoms with Crippen molar-refractivity contribution in [2.75, 3.05) is 18.7 Å². The second-order valence-corrected chi connectivity index (χ2v) is 8.50. The SMILES string of the molecule is CC(C)CCNC(=O)C1CCc2sc(NC(=O)c3ccc4c(c3)OCO4)nc21. The zero-order chi connectivity index (χ0) is 19.7. The minimum Gasteiger partial charge on any atom is -0.454 e. The molecule has 0 saturated heterocycles. The van der Waals surface area contributed by atoms with Crippen molar-refractivity contribution in [3.63, 3.8) is 0 Å². The van der Waals surface area contributed by atoms with Gasteiger partial charge in [-0.05, 0) is 43.4 Å². The molecule has 2 heterocycles. The number of amides is 2. The predicted molar refractivity (Wildman–Crippen MR) is 106 cm³/mol. The standard InChI is InChI=1S/C20H23N3O4S/c1-11(2)7-8-21-19(25)13-4-6-16-17(13)22-20(28-16)23-18(24)12-3-5-14-15(9-12)27-10-26-14/h3,5,9,11,13H,4,6-8,10H2,1-2H3,(H,21,25)(H,22,23,24). The number of nitrogens with one attached hydrogen (secondary N) is 2. The lowest BCUT2D eigenvalue weighted by Crippen LogP contribution is -2.30. The van der Waals surface area contributed by atoms with Gasteiger partial charge in [0.15, 0.2) is 16.6 Å². The highest BCUT2D eigenvalue weighted by Gasteiger charge is 2.32. The van der Waals surface area contributed by atoms with E-state index in [1.54, 1.807) is 18.2 Å². The van der Waals surface area contributed by atoms with Crippen LogP contribution in [0.1, 0.15) is 53.5 Å². The van der Waals surface area contributed by atoms with Crippen LogP contribution in [0.5, 0.6) is 11.5 Å². The number of benzene rings is 1. The van der Waals surface area contributed by atoms with Gasteiger partial charge in [0.25, 0.3) is 5.91 Å². The molecular weight excluding hydrogens is 378 g/mol. The zero-order valence-electron chi connectivity index (χ0n) is 15.9. The minimum atomic E-state index is -0.261. The van der Waals surface area contributed by atoms with Crippen LogP contribution >= 0.6 is 11.3 Å². The first kappa shape index (κ1) is 18.7. The Morgan fingerprint density at radius 3 is 2.93 bits per heavy atom. The third-order valence-electron chi connectivity index (χ3n) is 4.91. The van der Waals surface area contributed by atoms with E-state index in [1.165, 1.54) is 11.3 Å². The maximum absolute atomic E-state index is 12.5. The van der Waals surface area contributed by atoms with Crippen molar-refractivity contribution in [1.29, 1.82) is 0 Å². The Balaban J connectivity index is 1.41. The van der Waals surface area contributed by atoms with Gasteiger partial charge in [0.2, 0.25) is 12.7 Å². The molecule has 0 saturated carbocycles. The maximum atomic E-state index is 12.5. The summed E-state index contributed by atoms with van der Waals surface area (Å²) in [5.74, 6) is 1.29. The molecular formula is C20H23N3O4S. The smallest absolute Gasteiger partial charge is 0.257 e. The highest BCUT2D eigenvalue weighted by atomic mass is 32.1. The topological polar surface area (TPSA) is 89.6 Å². The van der Waals surface area contributed by atoms with Crippen molar-refractivity contribution in [1.82, 2.24) is 10.3 Å². The van der Waals surface area contributed by atoms with Crippen LogP contribution in [0.4, 0.5) is 5.13 Å². The van der Waals surface area contributed by atoms with Gasteiger partial charge >= 0.3 is 0 Å². The lowest BCUT2D eigenvalue weighted by atomic mass is 10.1. The zero-order valence-corrected chi connectivity index (χ0v) is 16.7. The molecule has 1 unspecified atom stereocenters. The number of nitrogens with zero attached hydrogens (tertiary/aromatic N) is 1. The lowest BCUT2D eigenvalue weighted by molar-refractivity contribution is -0.122. The number of rotatable bonds is 6. The Hall–Kier alpha value is -2.61. The van der Waals surface area contributed by atoms with E-state index in [1.807, 2.05) is 0 Å². The molecule has 2 aromatic rings. The van der Waals surface area contributed by atoms with Crippen molar-refractivity contribution < 1.29 is 19.1 Å². The van der Waals surface area contributed by atoms with E-state index in [0.29, 0.717) is 34.7 Å². The van der Waals surface area contributed by atoms with Crippen LogP contribution in [0.3, 0.4) is 0 Å². The maximum Gasteiger partial charge on any atom is 0.257 e. The molecule has 1 atom stereocenters. The molecule has 7 nitrogen and oxygen atoms in total. The predicted octanol–water partition coefficient (Wildman–Crippen LogP) is 3.32. The number of ether oxygens (including phenoxy) is 2. The molecule has 0 spiro atoms. The molecule has 2 aliphatic rings. The molecule has 1 aliphatic heterocycles. The molecule has 4 rings (SSSR count). The van der Waals surface area contributed by atoms with E-state index >= 15 is 0 Å². The van der Waals surface area contributed by atoms with Crippen molar-refractivity contribution in [2.45, 2.75) is 39.0 Å². The van der Waals surface area contributed by atoms with Gasteiger partial charge in [-0.15, -0.1) is 11.3 Å². The van der Waals surface area contributed by atoms with E-state index in [4.69, 9.17) is 9.47 Å². The summed E-state index contributed by atoms with van der Waals surface area (Å²) in [5, 5.41) is 6.37. The summed E-state index contributed by atoms with van der Waals surface area (Å²) in [4.78, 5) is 30.7. The molecule has 148 valence electrons. The average molecular weight is 401 g/mol. The minimum absolute atomic E-state index is 0.0262. The van der Waals surface area contributed by atoms with E-state index in [9.17, 15) is 9.59 Å². The first-order valence-electron chi connectivity index (χ1n) is 9.49. The van der Waals surface area contributed by atoms with E-state index in [0.717, 1.165) is 29.8 Å². The van der Waals surface area contributed by atoms with Gasteiger partial charge in [-0.2, -0.15) is 0 Å². The largest absolute Gasteiger partial charge is 0.454 e. The van der Waals surface area contributed by atoms with Crippen molar-refractivity contribution >= 4 is 28.3 Å². The molecule has 0 radical (unpaired) electrons. The first-order chi connectivity index (χ1) is 13.5. The number of anilines is 1. The second-order valence-electron chi connectivity index (χ2n) is 7.41. The number of fused-ring (bicyclic) bond motifs is 2. The summed E-state index contributed by atoms with van der Waals surface area (Å²) in [6, 6.07) is 5.07. The molecule has 2 N–H and O–H groups in total. The molecule has 8 heteroatoms. The third kappa shape index (κ3) is 3.82. The fourth-order valence-electron chi connectivity index (χ4n) is 3.35. The average Bonchev–Trinajstić information content (AvgIpc) is 3.35. The van der Waals surface area contributed by atoms with E-state index < -0.39 is 0 Å². The molecule has 0 fully saturated rings. The highest BCUT2D eigenvalue weighted by Crippen LogP contribution is 2.39. The van der Waals surface area contributed by atoms with Gasteiger partial charge in [0.05, 0.1) is 11.6 Å². The van der Waals surface area contributed by atoms with Gasteiger partial charge in [0, 0.05) is 17.0 Å². The number of aryl methyl sites for hydroxylation is 1. The van der Waals surface area contributed by atoms with Crippen LogP contribution in [0.2, 0.25) is 0 Å². The second kappa shape index (κ2) is 7.79. The summed E-state index contributed by atoms with van der Waals surface area (Å²) in [6.45, 7) is 5.12. The van der Waals surface area contributed by atoms with Gasteiger partial charge in [-0.25, -0.2) is 4.98 Å². The van der Waals surface area contributed by atoms with Crippen molar-refractivity contribution in [3.8, 4) is 11.5 Å². The van der Waals surface area contributed by atoms with Crippen LogP contribution in [0, 0.1) is 5.92 Å². The Morgan fingerprint density at radius 1 is 1.29 bits per heavy atom. The highest BCUT2D eigenvalue weighted by molar-refractivity contribution is 7.16. The van der Waals surface area contributed by atoms with Crippen molar-refractivity contribution in [2.24, 2.45) is 5.92 Å². The summed E-state index contributed by atoms with van der Waals surface area (Å²) >= 11 is 1.44. The van der Waals surface area contributed by atoms with Crippen LogP contribution < -0.4 is 20.1 Å². The number of carbonyl (C=O) groups excluding carboxylic acids is 2. The number of carbonyl (C=O) groups is 2. The van der Waals surface area contributed by atoms with Gasteiger partial charge in [0.1, 0.15) is 0 Å². The molecule has 28 heavy (non-hydrogen) atoms. The molecule has 1 aromatic carbocycles. The number of hydrogen-bond donors (Lipinski definition) is 2. The summed E-state index contributed by atoms with van der Waals surface area (Å²) in [6.07, 6.45) is 2.55. The first-order valence-corrected chi connectivity index (χ1v) is 10.3. The molecule has 0 bridgehead atoms. The molecule has 1 aromatic heterocycles. The Labute approximate surface area is 167 Å². The molecule has 1 aliphatic carbocycles. The Kier molecular flexibility index (Phi) is 5.21. The third-order valence-corrected chi connectivity index (χ3v) is 5.96. The normalized spacial score (nSPS) is 16.9. The number of hydrogen-bond acceptors (Lipinski definition) is 6. The number of aromatic nitrogens is 1. The summed E-state index contributed by atoms with van der Waals surface area (Å²) in [7, 11) is 0. The quantitative estimate of drug-likeness (QED) is 0.775. The summed E-state index contributed by atoms with van der Waals surface area (Å²) in [5.41, 5.74) is 1.27.